The Morgan fingerprint density at radius 3 is 1.96 bits per heavy atom. The van der Waals surface area contributed by atoms with Gasteiger partial charge in [0.25, 0.3) is 0 Å². The lowest BCUT2D eigenvalue weighted by molar-refractivity contribution is -0.146. The average molecular weight is 306 g/mol. The van der Waals surface area contributed by atoms with E-state index in [9.17, 15) is 9.90 Å². The first-order chi connectivity index (χ1) is 11.2. The van der Waals surface area contributed by atoms with Crippen LogP contribution in [0.4, 0.5) is 0 Å². The Labute approximate surface area is 132 Å². The van der Waals surface area contributed by atoms with E-state index in [0.29, 0.717) is 11.1 Å². The first-order valence-corrected chi connectivity index (χ1v) is 7.02. The van der Waals surface area contributed by atoms with E-state index in [0.717, 1.165) is 16.7 Å². The zero-order valence-corrected chi connectivity index (χ0v) is 12.1. The molecule has 0 radical (unpaired) electrons. The van der Waals surface area contributed by atoms with Gasteiger partial charge in [0.1, 0.15) is 0 Å². The molecule has 0 aliphatic carbocycles. The molecule has 0 aliphatic rings. The minimum atomic E-state index is -1.58. The predicted octanol–water partition coefficient (Wildman–Crippen LogP) is 2.93. The second-order valence-electron chi connectivity index (χ2n) is 5.01. The molecule has 1 atom stereocenters. The van der Waals surface area contributed by atoms with Gasteiger partial charge in [-0.15, -0.1) is 0 Å². The van der Waals surface area contributed by atoms with E-state index in [1.165, 1.54) is 0 Å². The number of aliphatic hydroxyl groups excluding tert-OH is 1. The molecule has 2 heterocycles. The lowest BCUT2D eigenvalue weighted by atomic mass is 9.93. The first kappa shape index (κ1) is 14.9. The molecule has 0 saturated carbocycles. The maximum absolute atomic E-state index is 11.2. The van der Waals surface area contributed by atoms with Crippen LogP contribution in [0, 0.1) is 0 Å². The summed E-state index contributed by atoms with van der Waals surface area (Å²) in [5, 5.41) is 19.1. The fraction of sp³-hybridized carbons (Fsp3) is 0.0556. The predicted molar refractivity (Wildman–Crippen MR) is 85.5 cm³/mol. The standard InChI is InChI=1S/C18H14N2O3/c21-17(18(22)23)15-2-1-14(12-3-7-19-8-4-12)11-16(15)13-5-9-20-10-6-13/h1-11,17,21H,(H,22,23). The van der Waals surface area contributed by atoms with Crippen LogP contribution in [0.1, 0.15) is 11.7 Å². The number of benzene rings is 1. The molecular formula is C18H14N2O3. The van der Waals surface area contributed by atoms with Crippen LogP contribution in [0.5, 0.6) is 0 Å². The van der Waals surface area contributed by atoms with E-state index in [1.807, 2.05) is 18.2 Å². The Morgan fingerprint density at radius 2 is 1.39 bits per heavy atom. The summed E-state index contributed by atoms with van der Waals surface area (Å²) in [6.07, 6.45) is 5.07. The fourth-order valence-electron chi connectivity index (χ4n) is 2.43. The molecule has 0 aliphatic heterocycles. The summed E-state index contributed by atoms with van der Waals surface area (Å²) in [5.41, 5.74) is 3.69. The van der Waals surface area contributed by atoms with Crippen molar-refractivity contribution in [3.8, 4) is 22.3 Å². The zero-order chi connectivity index (χ0) is 16.2. The molecular weight excluding hydrogens is 292 g/mol. The van der Waals surface area contributed by atoms with Crippen molar-refractivity contribution in [2.45, 2.75) is 6.10 Å². The maximum Gasteiger partial charge on any atom is 0.337 e. The lowest BCUT2D eigenvalue weighted by Crippen LogP contribution is -2.11. The number of hydrogen-bond acceptors (Lipinski definition) is 4. The SMILES string of the molecule is O=C(O)C(O)c1ccc(-c2ccncc2)cc1-c1ccncc1. The van der Waals surface area contributed by atoms with Gasteiger partial charge in [-0.2, -0.15) is 0 Å². The zero-order valence-electron chi connectivity index (χ0n) is 12.1. The smallest absolute Gasteiger partial charge is 0.337 e. The van der Waals surface area contributed by atoms with Gasteiger partial charge in [0.05, 0.1) is 0 Å². The van der Waals surface area contributed by atoms with Gasteiger partial charge in [0.15, 0.2) is 6.10 Å². The van der Waals surface area contributed by atoms with Crippen molar-refractivity contribution in [2.75, 3.05) is 0 Å². The Bertz CT molecular complexity index is 820. The molecule has 0 fully saturated rings. The number of aromatic nitrogens is 2. The highest BCUT2D eigenvalue weighted by Crippen LogP contribution is 2.32. The van der Waals surface area contributed by atoms with Gasteiger partial charge in [0, 0.05) is 24.8 Å². The third-order valence-electron chi connectivity index (χ3n) is 3.59. The molecule has 1 unspecified atom stereocenters. The van der Waals surface area contributed by atoms with Crippen molar-refractivity contribution in [2.24, 2.45) is 0 Å². The maximum atomic E-state index is 11.2. The highest BCUT2D eigenvalue weighted by molar-refractivity contribution is 5.82. The molecule has 2 aromatic heterocycles. The van der Waals surface area contributed by atoms with Crippen LogP contribution in [0.15, 0.2) is 67.3 Å². The minimum absolute atomic E-state index is 0.349. The van der Waals surface area contributed by atoms with E-state index < -0.39 is 12.1 Å². The van der Waals surface area contributed by atoms with Crippen LogP contribution in [0.25, 0.3) is 22.3 Å². The van der Waals surface area contributed by atoms with Gasteiger partial charge in [0.2, 0.25) is 0 Å². The molecule has 0 amide bonds. The molecule has 0 spiro atoms. The van der Waals surface area contributed by atoms with Crippen LogP contribution in [0.2, 0.25) is 0 Å². The monoisotopic (exact) mass is 306 g/mol. The Morgan fingerprint density at radius 1 is 0.826 bits per heavy atom. The van der Waals surface area contributed by atoms with E-state index >= 15 is 0 Å². The van der Waals surface area contributed by atoms with E-state index in [1.54, 1.807) is 49.1 Å². The van der Waals surface area contributed by atoms with E-state index in [2.05, 4.69) is 9.97 Å². The van der Waals surface area contributed by atoms with Gasteiger partial charge in [-0.3, -0.25) is 9.97 Å². The number of aliphatic hydroxyl groups is 1. The van der Waals surface area contributed by atoms with Crippen LogP contribution >= 0.6 is 0 Å². The van der Waals surface area contributed by atoms with Crippen molar-refractivity contribution in [3.63, 3.8) is 0 Å². The third-order valence-corrected chi connectivity index (χ3v) is 3.59. The van der Waals surface area contributed by atoms with Gasteiger partial charge in [-0.05, 0) is 58.1 Å². The normalized spacial score (nSPS) is 11.9. The number of carboxylic acids is 1. The second kappa shape index (κ2) is 6.37. The van der Waals surface area contributed by atoms with Gasteiger partial charge in [-0.25, -0.2) is 4.79 Å². The fourth-order valence-corrected chi connectivity index (χ4v) is 2.43. The number of carboxylic acid groups (broad SMARTS) is 1. The molecule has 5 heteroatoms. The number of carbonyl (C=O) groups is 1. The van der Waals surface area contributed by atoms with Crippen molar-refractivity contribution in [3.05, 3.63) is 72.8 Å². The van der Waals surface area contributed by atoms with Crippen LogP contribution in [-0.4, -0.2) is 26.2 Å². The molecule has 0 bridgehead atoms. The third kappa shape index (κ3) is 3.09. The number of rotatable bonds is 4. The molecule has 2 N–H and O–H groups in total. The van der Waals surface area contributed by atoms with E-state index in [4.69, 9.17) is 5.11 Å². The summed E-state index contributed by atoms with van der Waals surface area (Å²) in [4.78, 5) is 19.1. The number of hydrogen-bond donors (Lipinski definition) is 2. The van der Waals surface area contributed by atoms with Gasteiger partial charge in [-0.1, -0.05) is 12.1 Å². The number of nitrogens with zero attached hydrogens (tertiary/aromatic N) is 2. The molecule has 3 aromatic rings. The summed E-state index contributed by atoms with van der Waals surface area (Å²) < 4.78 is 0. The Balaban J connectivity index is 2.17. The molecule has 114 valence electrons. The van der Waals surface area contributed by atoms with Crippen molar-refractivity contribution >= 4 is 5.97 Å². The highest BCUT2D eigenvalue weighted by Gasteiger charge is 2.20. The Hall–Kier alpha value is -3.05. The highest BCUT2D eigenvalue weighted by atomic mass is 16.4. The van der Waals surface area contributed by atoms with Gasteiger partial charge >= 0.3 is 5.97 Å². The minimum Gasteiger partial charge on any atom is -0.479 e. The van der Waals surface area contributed by atoms with Crippen LogP contribution in [0.3, 0.4) is 0 Å². The van der Waals surface area contributed by atoms with Crippen molar-refractivity contribution < 1.29 is 15.0 Å². The van der Waals surface area contributed by atoms with Crippen molar-refractivity contribution in [1.29, 1.82) is 0 Å². The average Bonchev–Trinajstić information content (AvgIpc) is 2.62. The van der Waals surface area contributed by atoms with Gasteiger partial charge < -0.3 is 10.2 Å². The van der Waals surface area contributed by atoms with E-state index in [-0.39, 0.29) is 0 Å². The number of aliphatic carboxylic acids is 1. The summed E-state index contributed by atoms with van der Waals surface area (Å²) >= 11 is 0. The number of pyridine rings is 2. The quantitative estimate of drug-likeness (QED) is 0.774. The van der Waals surface area contributed by atoms with Crippen molar-refractivity contribution in [1.82, 2.24) is 9.97 Å². The molecule has 23 heavy (non-hydrogen) atoms. The second-order valence-corrected chi connectivity index (χ2v) is 5.01. The summed E-state index contributed by atoms with van der Waals surface area (Å²) in [6.45, 7) is 0. The largest absolute Gasteiger partial charge is 0.479 e. The molecule has 5 nitrogen and oxygen atoms in total. The molecule has 3 rings (SSSR count). The summed E-state index contributed by atoms with van der Waals surface area (Å²) in [7, 11) is 0. The summed E-state index contributed by atoms with van der Waals surface area (Å²) in [6, 6.07) is 12.6. The van der Waals surface area contributed by atoms with Crippen LogP contribution < -0.4 is 0 Å². The topological polar surface area (TPSA) is 83.3 Å². The first-order valence-electron chi connectivity index (χ1n) is 7.02. The molecule has 0 saturated heterocycles. The lowest BCUT2D eigenvalue weighted by Gasteiger charge is -2.14. The summed E-state index contributed by atoms with van der Waals surface area (Å²) in [5.74, 6) is -1.28. The van der Waals surface area contributed by atoms with Crippen LogP contribution in [-0.2, 0) is 4.79 Å². The molecule has 1 aromatic carbocycles. The Kier molecular flexibility index (Phi) is 4.12.